The van der Waals surface area contributed by atoms with Gasteiger partial charge in [0.05, 0.1) is 19.8 Å². The van der Waals surface area contributed by atoms with E-state index in [2.05, 4.69) is 10.6 Å². The number of hydrogen-bond donors (Lipinski definition) is 11. The first-order valence-electron chi connectivity index (χ1n) is 12.6. The fourth-order valence-electron chi connectivity index (χ4n) is 4.87. The van der Waals surface area contributed by atoms with Crippen LogP contribution in [0.2, 0.25) is 0 Å². The van der Waals surface area contributed by atoms with Crippen molar-refractivity contribution < 1.29 is 79.2 Å². The van der Waals surface area contributed by atoms with E-state index >= 15 is 0 Å². The topological polar surface area (TPSA) is 286 Å². The van der Waals surface area contributed by atoms with Gasteiger partial charge in [-0.25, -0.2) is 0 Å². The van der Waals surface area contributed by atoms with E-state index in [1.165, 1.54) is 0 Å². The standard InChI is InChI=1S/C22H38N2O16/c1-6(28)23-11-14(31)18(9(4-26)36-20(11)35)39-21-12(24-7(2)29)15(32)19(10(5-27)38-21)40-22-17(34)16(33)13(30)8(3-25)37-22/h8-22,25-27,30-35H,3-5H2,1-2H3,(H,23,28)(H,24,29)/t8-,9-,10-,11-,12-,13-,14-,15-,16+,17+,18+,19-,20-,21+,22+/m1/s1. The van der Waals surface area contributed by atoms with Gasteiger partial charge in [-0.1, -0.05) is 0 Å². The van der Waals surface area contributed by atoms with Crippen LogP contribution < -0.4 is 10.6 Å². The van der Waals surface area contributed by atoms with Crippen molar-refractivity contribution in [2.24, 2.45) is 0 Å². The van der Waals surface area contributed by atoms with Crippen LogP contribution in [0.25, 0.3) is 0 Å². The molecule has 15 atom stereocenters. The van der Waals surface area contributed by atoms with E-state index in [-0.39, 0.29) is 0 Å². The molecule has 11 N–H and O–H groups in total. The lowest BCUT2D eigenvalue weighted by Crippen LogP contribution is -2.70. The monoisotopic (exact) mass is 586 g/mol. The van der Waals surface area contributed by atoms with E-state index in [0.29, 0.717) is 0 Å². The van der Waals surface area contributed by atoms with Crippen molar-refractivity contribution in [3.05, 3.63) is 0 Å². The summed E-state index contributed by atoms with van der Waals surface area (Å²) in [4.78, 5) is 23.5. The second-order valence-electron chi connectivity index (χ2n) is 9.81. The summed E-state index contributed by atoms with van der Waals surface area (Å²) in [5.74, 6) is -1.30. The van der Waals surface area contributed by atoms with Crippen LogP contribution in [0.5, 0.6) is 0 Å². The van der Waals surface area contributed by atoms with Crippen LogP contribution in [0.3, 0.4) is 0 Å². The molecule has 3 heterocycles. The van der Waals surface area contributed by atoms with Crippen molar-refractivity contribution in [3.63, 3.8) is 0 Å². The van der Waals surface area contributed by atoms with Crippen molar-refractivity contribution in [2.75, 3.05) is 19.8 Å². The van der Waals surface area contributed by atoms with Crippen LogP contribution in [0.15, 0.2) is 0 Å². The zero-order valence-electron chi connectivity index (χ0n) is 21.7. The van der Waals surface area contributed by atoms with Crippen molar-refractivity contribution in [1.82, 2.24) is 10.6 Å². The van der Waals surface area contributed by atoms with Gasteiger partial charge in [-0.3, -0.25) is 9.59 Å². The number of aliphatic hydroxyl groups is 9. The van der Waals surface area contributed by atoms with E-state index in [0.717, 1.165) is 13.8 Å². The third-order valence-electron chi connectivity index (χ3n) is 6.90. The molecule has 0 radical (unpaired) electrons. The quantitative estimate of drug-likeness (QED) is 0.120. The van der Waals surface area contributed by atoms with Crippen LogP contribution in [-0.2, 0) is 33.3 Å². The lowest BCUT2D eigenvalue weighted by molar-refractivity contribution is -0.360. The lowest BCUT2D eigenvalue weighted by Gasteiger charge is -2.49. The molecule has 3 saturated heterocycles. The number of aliphatic hydroxyl groups excluding tert-OH is 9. The number of carbonyl (C=O) groups is 2. The molecule has 3 aliphatic heterocycles. The first kappa shape index (κ1) is 32.9. The summed E-state index contributed by atoms with van der Waals surface area (Å²) >= 11 is 0. The van der Waals surface area contributed by atoms with Gasteiger partial charge in [-0.2, -0.15) is 0 Å². The molecule has 0 unspecified atom stereocenters. The van der Waals surface area contributed by atoms with E-state index in [9.17, 15) is 55.5 Å². The molecule has 3 fully saturated rings. The average molecular weight is 587 g/mol. The number of ether oxygens (including phenoxy) is 5. The zero-order valence-corrected chi connectivity index (χ0v) is 21.7. The fourth-order valence-corrected chi connectivity index (χ4v) is 4.87. The molecule has 0 spiro atoms. The Balaban J connectivity index is 1.85. The Morgan fingerprint density at radius 3 is 1.57 bits per heavy atom. The molecule has 18 nitrogen and oxygen atoms in total. The Hall–Kier alpha value is -1.62. The van der Waals surface area contributed by atoms with Crippen LogP contribution >= 0.6 is 0 Å². The van der Waals surface area contributed by atoms with Crippen molar-refractivity contribution in [1.29, 1.82) is 0 Å². The number of carbonyl (C=O) groups excluding carboxylic acids is 2. The van der Waals surface area contributed by atoms with Crippen LogP contribution in [0, 0.1) is 0 Å². The van der Waals surface area contributed by atoms with Crippen LogP contribution in [0.1, 0.15) is 13.8 Å². The maximum absolute atomic E-state index is 12.0. The molecule has 2 amide bonds. The second-order valence-corrected chi connectivity index (χ2v) is 9.81. The molecule has 3 aliphatic rings. The number of rotatable bonds is 9. The van der Waals surface area contributed by atoms with Gasteiger partial charge >= 0.3 is 0 Å². The normalized spacial score (nSPS) is 46.0. The molecule has 40 heavy (non-hydrogen) atoms. The molecule has 232 valence electrons. The van der Waals surface area contributed by atoms with Gasteiger partial charge in [-0.05, 0) is 0 Å². The fraction of sp³-hybridized carbons (Fsp3) is 0.909. The van der Waals surface area contributed by atoms with E-state index < -0.39 is 124 Å². The molecule has 0 aromatic rings. The summed E-state index contributed by atoms with van der Waals surface area (Å²) in [6, 6.07) is -2.87. The first-order valence-corrected chi connectivity index (χ1v) is 12.6. The Morgan fingerprint density at radius 2 is 1.05 bits per heavy atom. The smallest absolute Gasteiger partial charge is 0.217 e. The molecule has 0 saturated carbocycles. The highest BCUT2D eigenvalue weighted by Crippen LogP contribution is 2.32. The summed E-state index contributed by atoms with van der Waals surface area (Å²) in [6.45, 7) is -0.117. The van der Waals surface area contributed by atoms with Crippen molar-refractivity contribution in [2.45, 2.75) is 106 Å². The van der Waals surface area contributed by atoms with Gasteiger partial charge in [-0.15, -0.1) is 0 Å². The average Bonchev–Trinajstić information content (AvgIpc) is 2.90. The van der Waals surface area contributed by atoms with Crippen LogP contribution in [-0.4, -0.2) is 170 Å². The van der Waals surface area contributed by atoms with Gasteiger partial charge < -0.3 is 80.3 Å². The van der Waals surface area contributed by atoms with E-state index in [4.69, 9.17) is 23.7 Å². The highest BCUT2D eigenvalue weighted by Gasteiger charge is 2.54. The predicted molar refractivity (Wildman–Crippen MR) is 124 cm³/mol. The third-order valence-corrected chi connectivity index (χ3v) is 6.90. The minimum Gasteiger partial charge on any atom is -0.394 e. The highest BCUT2D eigenvalue weighted by atomic mass is 16.7. The largest absolute Gasteiger partial charge is 0.394 e. The minimum atomic E-state index is -1.85. The minimum absolute atomic E-state index is 0.623. The van der Waals surface area contributed by atoms with Gasteiger partial charge in [0.2, 0.25) is 11.8 Å². The Kier molecular flexibility index (Phi) is 11.5. The van der Waals surface area contributed by atoms with Gasteiger partial charge in [0.1, 0.15) is 73.1 Å². The molecule has 18 heteroatoms. The molecule has 0 aromatic heterocycles. The van der Waals surface area contributed by atoms with Crippen LogP contribution in [0.4, 0.5) is 0 Å². The maximum Gasteiger partial charge on any atom is 0.217 e. The van der Waals surface area contributed by atoms with E-state index in [1.54, 1.807) is 0 Å². The number of amides is 2. The van der Waals surface area contributed by atoms with Gasteiger partial charge in [0.15, 0.2) is 18.9 Å². The first-order chi connectivity index (χ1) is 18.8. The molecule has 0 aromatic carbocycles. The highest BCUT2D eigenvalue weighted by molar-refractivity contribution is 5.73. The Labute approximate surface area is 228 Å². The van der Waals surface area contributed by atoms with Gasteiger partial charge in [0, 0.05) is 13.8 Å². The molecule has 0 bridgehead atoms. The van der Waals surface area contributed by atoms with Gasteiger partial charge in [0.25, 0.3) is 0 Å². The SMILES string of the molecule is CC(=O)N[C@@H]1[C@@H](O)[C@@H](O[C@@H]2O[C@H](CO)[C@@H](O[C@@H]3O[C@H](CO)[C@@H](O)[C@H](O)[C@@H]3O)[C@H](O)[C@H]2NC(C)=O)[C@@H](CO)O[C@H]1O. The molecule has 3 rings (SSSR count). The predicted octanol–water partition coefficient (Wildman–Crippen LogP) is -7.29. The summed E-state index contributed by atoms with van der Waals surface area (Å²) in [6.07, 6.45) is -21.1. The summed E-state index contributed by atoms with van der Waals surface area (Å²) in [5, 5.41) is 96.5. The number of nitrogens with one attached hydrogen (secondary N) is 2. The zero-order chi connectivity index (χ0) is 29.9. The Bertz CT molecular complexity index is 852. The lowest BCUT2D eigenvalue weighted by atomic mass is 9.94. The van der Waals surface area contributed by atoms with Crippen molar-refractivity contribution in [3.8, 4) is 0 Å². The summed E-state index contributed by atoms with van der Waals surface area (Å²) in [7, 11) is 0. The number of hydrogen-bond acceptors (Lipinski definition) is 16. The summed E-state index contributed by atoms with van der Waals surface area (Å²) < 4.78 is 27.7. The molecular weight excluding hydrogens is 548 g/mol. The molecule has 0 aliphatic carbocycles. The third kappa shape index (κ3) is 7.05. The second kappa shape index (κ2) is 14.0. The Morgan fingerprint density at radius 1 is 0.600 bits per heavy atom. The molecular formula is C22H38N2O16. The maximum atomic E-state index is 12.0. The summed E-state index contributed by atoms with van der Waals surface area (Å²) in [5.41, 5.74) is 0. The van der Waals surface area contributed by atoms with Crippen molar-refractivity contribution >= 4 is 11.8 Å². The van der Waals surface area contributed by atoms with E-state index in [1.807, 2.05) is 0 Å².